The third kappa shape index (κ3) is 5.39. The van der Waals surface area contributed by atoms with Crippen molar-refractivity contribution in [1.82, 2.24) is 5.32 Å². The van der Waals surface area contributed by atoms with E-state index in [4.69, 9.17) is 16.3 Å². The number of aliphatic hydroxyl groups excluding tert-OH is 1. The Labute approximate surface area is 125 Å². The van der Waals surface area contributed by atoms with E-state index in [1.54, 1.807) is 25.1 Å². The monoisotopic (exact) mass is 299 g/mol. The van der Waals surface area contributed by atoms with Crippen LogP contribution in [0.4, 0.5) is 0 Å². The van der Waals surface area contributed by atoms with E-state index in [0.717, 1.165) is 12.8 Å². The van der Waals surface area contributed by atoms with Crippen LogP contribution in [0.15, 0.2) is 18.2 Å². The Morgan fingerprint density at radius 3 is 2.75 bits per heavy atom. The van der Waals surface area contributed by atoms with Crippen molar-refractivity contribution in [2.24, 2.45) is 0 Å². The number of carbonyl (C=O) groups is 1. The van der Waals surface area contributed by atoms with Crippen molar-refractivity contribution < 1.29 is 14.6 Å². The van der Waals surface area contributed by atoms with Crippen LogP contribution in [0.3, 0.4) is 0 Å². The maximum atomic E-state index is 11.7. The summed E-state index contributed by atoms with van der Waals surface area (Å²) in [5, 5.41) is 13.1. The molecule has 0 aliphatic rings. The fourth-order valence-electron chi connectivity index (χ4n) is 1.94. The summed E-state index contributed by atoms with van der Waals surface area (Å²) in [6, 6.07) is 5.10. The Morgan fingerprint density at radius 1 is 1.45 bits per heavy atom. The van der Waals surface area contributed by atoms with Crippen molar-refractivity contribution >= 4 is 17.5 Å². The van der Waals surface area contributed by atoms with Gasteiger partial charge in [0, 0.05) is 16.6 Å². The van der Waals surface area contributed by atoms with Crippen molar-refractivity contribution in [3.05, 3.63) is 28.8 Å². The first-order chi connectivity index (χ1) is 9.43. The van der Waals surface area contributed by atoms with Crippen molar-refractivity contribution in [1.29, 1.82) is 0 Å². The van der Waals surface area contributed by atoms with E-state index in [1.807, 2.05) is 6.92 Å². The quantitative estimate of drug-likeness (QED) is 0.813. The van der Waals surface area contributed by atoms with Crippen LogP contribution < -0.4 is 10.1 Å². The highest BCUT2D eigenvalue weighted by molar-refractivity contribution is 6.30. The Morgan fingerprint density at radius 2 is 2.15 bits per heavy atom. The molecule has 0 radical (unpaired) electrons. The van der Waals surface area contributed by atoms with Gasteiger partial charge in [0.2, 0.25) is 0 Å². The van der Waals surface area contributed by atoms with Gasteiger partial charge in [0.1, 0.15) is 5.75 Å². The van der Waals surface area contributed by atoms with Gasteiger partial charge in [0.05, 0.1) is 6.10 Å². The molecule has 0 aliphatic carbocycles. The van der Waals surface area contributed by atoms with Gasteiger partial charge in [0.25, 0.3) is 5.91 Å². The number of hydrogen-bond acceptors (Lipinski definition) is 3. The molecule has 0 saturated heterocycles. The molecule has 20 heavy (non-hydrogen) atoms. The third-order valence-corrected chi connectivity index (χ3v) is 3.14. The van der Waals surface area contributed by atoms with Gasteiger partial charge in [-0.3, -0.25) is 4.79 Å². The molecule has 0 fully saturated rings. The van der Waals surface area contributed by atoms with E-state index in [9.17, 15) is 9.90 Å². The van der Waals surface area contributed by atoms with Crippen molar-refractivity contribution in [3.63, 3.8) is 0 Å². The minimum absolute atomic E-state index is 0.0740. The summed E-state index contributed by atoms with van der Waals surface area (Å²) in [4.78, 5) is 11.7. The number of amides is 1. The molecule has 112 valence electrons. The van der Waals surface area contributed by atoms with Gasteiger partial charge in [-0.1, -0.05) is 24.9 Å². The Balaban J connectivity index is 2.59. The van der Waals surface area contributed by atoms with Crippen LogP contribution in [0.5, 0.6) is 5.75 Å². The molecule has 1 aromatic rings. The molecule has 1 aromatic carbocycles. The van der Waals surface area contributed by atoms with Gasteiger partial charge in [0.15, 0.2) is 6.61 Å². The maximum absolute atomic E-state index is 11.7. The van der Waals surface area contributed by atoms with E-state index in [2.05, 4.69) is 12.2 Å². The summed E-state index contributed by atoms with van der Waals surface area (Å²) in [5.74, 6) is 0.306. The lowest BCUT2D eigenvalue weighted by Gasteiger charge is -2.16. The van der Waals surface area contributed by atoms with Crippen LogP contribution in [0, 0.1) is 0 Å². The number of halogens is 1. The maximum Gasteiger partial charge on any atom is 0.258 e. The van der Waals surface area contributed by atoms with Crippen LogP contribution in [0.25, 0.3) is 0 Å². The van der Waals surface area contributed by atoms with Crippen molar-refractivity contribution in [2.75, 3.05) is 6.61 Å². The molecule has 4 nitrogen and oxygen atoms in total. The Hall–Kier alpha value is -1.26. The van der Waals surface area contributed by atoms with Gasteiger partial charge in [-0.05, 0) is 38.5 Å². The van der Waals surface area contributed by atoms with Gasteiger partial charge in [-0.25, -0.2) is 0 Å². The summed E-state index contributed by atoms with van der Waals surface area (Å²) in [5.41, 5.74) is 0.576. The molecular weight excluding hydrogens is 278 g/mol. The fraction of sp³-hybridized carbons (Fsp3) is 0.533. The molecule has 1 amide bonds. The second kappa shape index (κ2) is 8.12. The molecule has 0 spiro atoms. The highest BCUT2D eigenvalue weighted by atomic mass is 35.5. The molecule has 2 N–H and O–H groups in total. The zero-order valence-electron chi connectivity index (χ0n) is 12.1. The third-order valence-electron chi connectivity index (χ3n) is 2.91. The number of ether oxygens (including phenoxy) is 1. The lowest BCUT2D eigenvalue weighted by molar-refractivity contribution is -0.123. The lowest BCUT2D eigenvalue weighted by atomic mass is 10.1. The SMILES string of the molecule is CCCC(C)NC(=O)COc1ccc(Cl)cc1[C@H](C)O. The Kier molecular flexibility index (Phi) is 6.82. The second-order valence-electron chi connectivity index (χ2n) is 4.90. The average molecular weight is 300 g/mol. The van der Waals surface area contributed by atoms with E-state index in [1.165, 1.54) is 0 Å². The molecule has 0 heterocycles. The fourth-order valence-corrected chi connectivity index (χ4v) is 2.12. The predicted octanol–water partition coefficient (Wildman–Crippen LogP) is 3.08. The van der Waals surface area contributed by atoms with E-state index in [0.29, 0.717) is 16.3 Å². The molecule has 1 rings (SSSR count). The number of nitrogens with one attached hydrogen (secondary N) is 1. The zero-order chi connectivity index (χ0) is 15.1. The minimum atomic E-state index is -0.703. The summed E-state index contributed by atoms with van der Waals surface area (Å²) < 4.78 is 5.46. The average Bonchev–Trinajstić information content (AvgIpc) is 2.37. The zero-order valence-corrected chi connectivity index (χ0v) is 12.9. The number of carbonyl (C=O) groups excluding carboxylic acids is 1. The summed E-state index contributed by atoms with van der Waals surface area (Å²) >= 11 is 5.88. The number of rotatable bonds is 7. The Bertz CT molecular complexity index is 449. The van der Waals surface area contributed by atoms with Crippen LogP contribution in [0.1, 0.15) is 45.3 Å². The van der Waals surface area contributed by atoms with Crippen molar-refractivity contribution in [3.8, 4) is 5.75 Å². The molecule has 0 saturated carbocycles. The molecule has 1 unspecified atom stereocenters. The molecule has 5 heteroatoms. The molecular formula is C15H22ClNO3. The topological polar surface area (TPSA) is 58.6 Å². The summed E-state index contributed by atoms with van der Waals surface area (Å²) in [6.45, 7) is 5.59. The summed E-state index contributed by atoms with van der Waals surface area (Å²) in [6.07, 6.45) is 1.25. The van der Waals surface area contributed by atoms with Crippen LogP contribution in [-0.4, -0.2) is 23.7 Å². The largest absolute Gasteiger partial charge is 0.483 e. The summed E-state index contributed by atoms with van der Waals surface area (Å²) in [7, 11) is 0. The van der Waals surface area contributed by atoms with Crippen molar-refractivity contribution in [2.45, 2.75) is 45.8 Å². The van der Waals surface area contributed by atoms with Gasteiger partial charge in [-0.2, -0.15) is 0 Å². The number of hydrogen-bond donors (Lipinski definition) is 2. The molecule has 0 aliphatic heterocycles. The van der Waals surface area contributed by atoms with E-state index in [-0.39, 0.29) is 18.6 Å². The van der Waals surface area contributed by atoms with E-state index < -0.39 is 6.10 Å². The van der Waals surface area contributed by atoms with Gasteiger partial charge >= 0.3 is 0 Å². The first kappa shape index (κ1) is 16.8. The van der Waals surface area contributed by atoms with Crippen LogP contribution in [-0.2, 0) is 4.79 Å². The predicted molar refractivity (Wildman–Crippen MR) is 80.1 cm³/mol. The van der Waals surface area contributed by atoms with Gasteiger partial charge in [-0.15, -0.1) is 0 Å². The molecule has 2 atom stereocenters. The molecule has 0 bridgehead atoms. The normalized spacial score (nSPS) is 13.7. The standard InChI is InChI=1S/C15H22ClNO3/c1-4-5-10(2)17-15(19)9-20-14-7-6-12(16)8-13(14)11(3)18/h6-8,10-11,18H,4-5,9H2,1-3H3,(H,17,19)/t10?,11-/m0/s1. The smallest absolute Gasteiger partial charge is 0.258 e. The van der Waals surface area contributed by atoms with Crippen LogP contribution >= 0.6 is 11.6 Å². The second-order valence-corrected chi connectivity index (χ2v) is 5.34. The highest BCUT2D eigenvalue weighted by Gasteiger charge is 2.12. The first-order valence-electron chi connectivity index (χ1n) is 6.83. The first-order valence-corrected chi connectivity index (χ1v) is 7.21. The van der Waals surface area contributed by atoms with Crippen LogP contribution in [0.2, 0.25) is 5.02 Å². The minimum Gasteiger partial charge on any atom is -0.483 e. The van der Waals surface area contributed by atoms with Gasteiger partial charge < -0.3 is 15.2 Å². The lowest BCUT2D eigenvalue weighted by Crippen LogP contribution is -2.36. The molecule has 0 aromatic heterocycles. The number of aliphatic hydroxyl groups is 1. The number of benzene rings is 1. The van der Waals surface area contributed by atoms with E-state index >= 15 is 0 Å². The highest BCUT2D eigenvalue weighted by Crippen LogP contribution is 2.28.